The number of benzene rings is 1. The molecule has 1 aliphatic carbocycles. The molecule has 0 radical (unpaired) electrons. The normalized spacial score (nSPS) is 17.9. The monoisotopic (exact) mass is 278 g/mol. The van der Waals surface area contributed by atoms with E-state index < -0.39 is 12.3 Å². The minimum Gasteiger partial charge on any atom is -0.478 e. The number of carbonyl (C=O) groups is 1. The Kier molecular flexibility index (Phi) is 4.78. The van der Waals surface area contributed by atoms with Crippen LogP contribution >= 0.6 is 0 Å². The highest BCUT2D eigenvalue weighted by atomic mass is 16.6. The molecule has 110 valence electrons. The summed E-state index contributed by atoms with van der Waals surface area (Å²) in [5.74, 6) is -0.966. The predicted molar refractivity (Wildman–Crippen MR) is 75.8 cm³/mol. The summed E-state index contributed by atoms with van der Waals surface area (Å²) in [6, 6.07) is 3.48. The first-order chi connectivity index (χ1) is 9.50. The van der Waals surface area contributed by atoms with Crippen molar-refractivity contribution in [2.24, 2.45) is 0 Å². The van der Waals surface area contributed by atoms with Crippen LogP contribution in [-0.4, -0.2) is 22.3 Å². The van der Waals surface area contributed by atoms with E-state index in [2.05, 4.69) is 0 Å². The highest BCUT2D eigenvalue weighted by molar-refractivity contribution is 5.91. The van der Waals surface area contributed by atoms with Crippen LogP contribution in [0.25, 0.3) is 0 Å². The quantitative estimate of drug-likeness (QED) is 0.829. The largest absolute Gasteiger partial charge is 0.478 e. The summed E-state index contributed by atoms with van der Waals surface area (Å²) in [6.07, 6.45) is 4.45. The van der Waals surface area contributed by atoms with Gasteiger partial charge in [0, 0.05) is 5.56 Å². The van der Waals surface area contributed by atoms with Gasteiger partial charge in [-0.05, 0) is 37.8 Å². The maximum atomic E-state index is 11.3. The lowest BCUT2D eigenvalue weighted by atomic mass is 9.96. The van der Waals surface area contributed by atoms with E-state index in [9.17, 15) is 15.0 Å². The number of carboxylic acids is 1. The number of rotatable bonds is 4. The Labute approximate surface area is 119 Å². The van der Waals surface area contributed by atoms with E-state index >= 15 is 0 Å². The molecule has 1 saturated carbocycles. The van der Waals surface area contributed by atoms with E-state index in [1.807, 2.05) is 0 Å². The third-order valence-electron chi connectivity index (χ3n) is 4.07. The fourth-order valence-electron chi connectivity index (χ4n) is 2.92. The fourth-order valence-corrected chi connectivity index (χ4v) is 2.92. The summed E-state index contributed by atoms with van der Waals surface area (Å²) < 4.78 is 5.70. The van der Waals surface area contributed by atoms with E-state index in [4.69, 9.17) is 4.74 Å². The van der Waals surface area contributed by atoms with Crippen LogP contribution in [0.1, 0.15) is 65.4 Å². The van der Waals surface area contributed by atoms with Crippen LogP contribution in [0.4, 0.5) is 0 Å². The van der Waals surface area contributed by atoms with Crippen LogP contribution in [0.5, 0.6) is 0 Å². The summed E-state index contributed by atoms with van der Waals surface area (Å²) in [6.45, 7) is 3.48. The van der Waals surface area contributed by atoms with Gasteiger partial charge >= 0.3 is 5.97 Å². The Morgan fingerprint density at radius 2 is 1.90 bits per heavy atom. The van der Waals surface area contributed by atoms with Crippen LogP contribution < -0.4 is 0 Å². The van der Waals surface area contributed by atoms with Gasteiger partial charge in [0.1, 0.15) is 0 Å². The van der Waals surface area contributed by atoms with Crippen molar-refractivity contribution >= 4 is 5.97 Å². The first-order valence-electron chi connectivity index (χ1n) is 7.17. The Morgan fingerprint density at radius 3 is 2.50 bits per heavy atom. The van der Waals surface area contributed by atoms with Crippen molar-refractivity contribution < 1.29 is 19.7 Å². The number of hydrogen-bond acceptors (Lipinski definition) is 3. The van der Waals surface area contributed by atoms with E-state index in [0.29, 0.717) is 16.7 Å². The molecule has 2 N–H and O–H groups in total. The second-order valence-corrected chi connectivity index (χ2v) is 5.53. The van der Waals surface area contributed by atoms with Crippen LogP contribution in [0.2, 0.25) is 0 Å². The number of carboxylic acid groups (broad SMARTS) is 1. The van der Waals surface area contributed by atoms with Gasteiger partial charge in [0.2, 0.25) is 0 Å². The molecule has 2 rings (SSSR count). The minimum absolute atomic E-state index is 0.0766. The number of ether oxygens (including phenoxy) is 1. The zero-order chi connectivity index (χ0) is 14.7. The number of aliphatic hydroxyl groups excluding tert-OH is 1. The lowest BCUT2D eigenvalue weighted by Crippen LogP contribution is -2.20. The van der Waals surface area contributed by atoms with E-state index in [-0.39, 0.29) is 11.7 Å². The molecule has 1 atom stereocenters. The summed E-state index contributed by atoms with van der Waals surface area (Å²) in [4.78, 5) is 11.3. The molecule has 0 heterocycles. The van der Waals surface area contributed by atoms with Gasteiger partial charge in [0.25, 0.3) is 0 Å². The van der Waals surface area contributed by atoms with E-state index in [0.717, 1.165) is 25.7 Å². The molecule has 1 fully saturated rings. The topological polar surface area (TPSA) is 66.8 Å². The smallest absolute Gasteiger partial charge is 0.336 e. The third-order valence-corrected chi connectivity index (χ3v) is 4.07. The zero-order valence-corrected chi connectivity index (χ0v) is 12.1. The molecular formula is C16H22O4. The van der Waals surface area contributed by atoms with Crippen molar-refractivity contribution in [3.63, 3.8) is 0 Å². The molecule has 0 aliphatic heterocycles. The van der Waals surface area contributed by atoms with Crippen molar-refractivity contribution in [2.75, 3.05) is 0 Å². The second kappa shape index (κ2) is 6.37. The van der Waals surface area contributed by atoms with Crippen molar-refractivity contribution in [2.45, 2.75) is 58.3 Å². The van der Waals surface area contributed by atoms with Gasteiger partial charge in [0.15, 0.2) is 6.29 Å². The number of hydrogen-bond donors (Lipinski definition) is 2. The Balaban J connectivity index is 2.19. The highest BCUT2D eigenvalue weighted by Crippen LogP contribution is 2.29. The van der Waals surface area contributed by atoms with Crippen LogP contribution in [0.15, 0.2) is 12.1 Å². The molecule has 1 unspecified atom stereocenters. The lowest BCUT2D eigenvalue weighted by molar-refractivity contribution is -0.147. The molecule has 0 aromatic heterocycles. The van der Waals surface area contributed by atoms with Gasteiger partial charge in [0.05, 0.1) is 11.7 Å². The molecule has 1 aromatic carbocycles. The molecule has 0 spiro atoms. The molecule has 20 heavy (non-hydrogen) atoms. The first-order valence-corrected chi connectivity index (χ1v) is 7.17. The van der Waals surface area contributed by atoms with Crippen LogP contribution in [-0.2, 0) is 4.74 Å². The molecule has 4 heteroatoms. The van der Waals surface area contributed by atoms with Crippen molar-refractivity contribution in [1.82, 2.24) is 0 Å². The molecule has 1 aliphatic rings. The molecule has 4 nitrogen and oxygen atoms in total. The summed E-state index contributed by atoms with van der Waals surface area (Å²) in [5, 5.41) is 19.5. The average molecular weight is 278 g/mol. The standard InChI is InChI=1S/C16H22O4/c1-10-8-9-13(11(2)14(10)15(17)18)16(19)20-12-6-4-3-5-7-12/h8-9,12,16,19H,3-7H2,1-2H3,(H,17,18). The van der Waals surface area contributed by atoms with Gasteiger partial charge in [-0.1, -0.05) is 31.4 Å². The minimum atomic E-state index is -1.04. The van der Waals surface area contributed by atoms with Gasteiger partial charge in [-0.15, -0.1) is 0 Å². The molecule has 0 amide bonds. The summed E-state index contributed by atoms with van der Waals surface area (Å²) >= 11 is 0. The van der Waals surface area contributed by atoms with E-state index in [1.54, 1.807) is 26.0 Å². The summed E-state index contributed by atoms with van der Waals surface area (Å²) in [5.41, 5.74) is 2.09. The maximum absolute atomic E-state index is 11.3. The fraction of sp³-hybridized carbons (Fsp3) is 0.562. The van der Waals surface area contributed by atoms with Gasteiger partial charge in [-0.3, -0.25) is 0 Å². The third kappa shape index (κ3) is 3.19. The SMILES string of the molecule is Cc1ccc(C(O)OC2CCCCC2)c(C)c1C(=O)O. The second-order valence-electron chi connectivity index (χ2n) is 5.53. The number of aromatic carboxylic acids is 1. The van der Waals surface area contributed by atoms with Crippen molar-refractivity contribution in [3.05, 3.63) is 34.4 Å². The highest BCUT2D eigenvalue weighted by Gasteiger charge is 2.22. The number of aryl methyl sites for hydroxylation is 1. The Hall–Kier alpha value is -1.39. The van der Waals surface area contributed by atoms with Crippen LogP contribution in [0.3, 0.4) is 0 Å². The molecule has 1 aromatic rings. The van der Waals surface area contributed by atoms with Crippen molar-refractivity contribution in [3.8, 4) is 0 Å². The average Bonchev–Trinajstić information content (AvgIpc) is 2.39. The maximum Gasteiger partial charge on any atom is 0.336 e. The summed E-state index contributed by atoms with van der Waals surface area (Å²) in [7, 11) is 0. The molecule has 0 saturated heterocycles. The molecule has 0 bridgehead atoms. The molecular weight excluding hydrogens is 256 g/mol. The van der Waals surface area contributed by atoms with Gasteiger partial charge in [-0.25, -0.2) is 4.79 Å². The van der Waals surface area contributed by atoms with Gasteiger partial charge in [-0.2, -0.15) is 0 Å². The van der Waals surface area contributed by atoms with E-state index in [1.165, 1.54) is 6.42 Å². The van der Waals surface area contributed by atoms with Crippen LogP contribution in [0, 0.1) is 13.8 Å². The van der Waals surface area contributed by atoms with Crippen molar-refractivity contribution in [1.29, 1.82) is 0 Å². The first kappa shape index (κ1) is 15.0. The Bertz CT molecular complexity index is 489. The van der Waals surface area contributed by atoms with Gasteiger partial charge < -0.3 is 14.9 Å². The Morgan fingerprint density at radius 1 is 1.25 bits per heavy atom. The lowest BCUT2D eigenvalue weighted by Gasteiger charge is -2.26. The number of aliphatic hydroxyl groups is 1. The zero-order valence-electron chi connectivity index (χ0n) is 12.1. The predicted octanol–water partition coefficient (Wildman–Crippen LogP) is 3.34.